The van der Waals surface area contributed by atoms with Gasteiger partial charge in [-0.1, -0.05) is 24.9 Å². The average Bonchev–Trinajstić information content (AvgIpc) is 2.37. The Morgan fingerprint density at radius 2 is 2.26 bits per heavy atom. The van der Waals surface area contributed by atoms with Crippen LogP contribution in [0.4, 0.5) is 4.79 Å². The molecule has 1 aromatic heterocycles. The number of hydrogen-bond donors (Lipinski definition) is 1. The minimum absolute atomic E-state index is 0.222. The monoisotopic (exact) mass is 286 g/mol. The van der Waals surface area contributed by atoms with Crippen LogP contribution in [0.15, 0.2) is 6.07 Å². The number of halogens is 1. The van der Waals surface area contributed by atoms with E-state index in [1.165, 1.54) is 7.11 Å². The van der Waals surface area contributed by atoms with Gasteiger partial charge < -0.3 is 14.8 Å². The van der Waals surface area contributed by atoms with E-state index < -0.39 is 6.09 Å². The molecule has 0 atom stereocenters. The number of aryl methyl sites for hydroxylation is 1. The van der Waals surface area contributed by atoms with E-state index in [0.29, 0.717) is 23.1 Å². The Morgan fingerprint density at radius 3 is 2.89 bits per heavy atom. The number of nitrogens with one attached hydrogen (secondary N) is 1. The highest BCUT2D eigenvalue weighted by Crippen LogP contribution is 2.25. The van der Waals surface area contributed by atoms with Crippen LogP contribution < -0.4 is 10.1 Å². The van der Waals surface area contributed by atoms with E-state index in [1.807, 2.05) is 13.8 Å². The summed E-state index contributed by atoms with van der Waals surface area (Å²) < 4.78 is 10.1. The van der Waals surface area contributed by atoms with Crippen LogP contribution in [0.5, 0.6) is 5.88 Å². The summed E-state index contributed by atoms with van der Waals surface area (Å²) in [7, 11) is 1.52. The van der Waals surface area contributed by atoms with Gasteiger partial charge in [-0.2, -0.15) is 0 Å². The van der Waals surface area contributed by atoms with Crippen LogP contribution in [0, 0.1) is 6.92 Å². The quantitative estimate of drug-likeness (QED) is 0.817. The molecule has 0 aliphatic rings. The molecule has 0 spiro atoms. The second-order valence-corrected chi connectivity index (χ2v) is 4.48. The molecule has 1 amide bonds. The minimum atomic E-state index is -0.466. The molecule has 1 heterocycles. The zero-order valence-electron chi connectivity index (χ0n) is 11.5. The van der Waals surface area contributed by atoms with Crippen molar-refractivity contribution in [3.63, 3.8) is 0 Å². The Balaban J connectivity index is 2.60. The van der Waals surface area contributed by atoms with Crippen LogP contribution in [0.1, 0.15) is 31.0 Å². The lowest BCUT2D eigenvalue weighted by Crippen LogP contribution is -2.24. The van der Waals surface area contributed by atoms with Gasteiger partial charge in [-0.15, -0.1) is 0 Å². The first-order valence-corrected chi connectivity index (χ1v) is 6.57. The molecule has 1 N–H and O–H groups in total. The van der Waals surface area contributed by atoms with Gasteiger partial charge in [-0.05, 0) is 19.4 Å². The fourth-order valence-corrected chi connectivity index (χ4v) is 1.79. The number of unbranched alkanes of at least 4 members (excludes halogenated alkanes) is 1. The number of hydrogen-bond acceptors (Lipinski definition) is 4. The lowest BCUT2D eigenvalue weighted by molar-refractivity contribution is 0.144. The Hall–Kier alpha value is -1.49. The molecule has 6 heteroatoms. The summed E-state index contributed by atoms with van der Waals surface area (Å²) in [5.74, 6) is 0.416. The Kier molecular flexibility index (Phi) is 6.42. The summed E-state index contributed by atoms with van der Waals surface area (Å²) >= 11 is 6.11. The number of amides is 1. The van der Waals surface area contributed by atoms with Crippen molar-refractivity contribution in [3.05, 3.63) is 22.3 Å². The second-order valence-electron chi connectivity index (χ2n) is 4.08. The molecule has 0 bridgehead atoms. The maximum atomic E-state index is 11.4. The van der Waals surface area contributed by atoms with Gasteiger partial charge in [0.15, 0.2) is 0 Å². The predicted molar refractivity (Wildman–Crippen MR) is 73.6 cm³/mol. The summed E-state index contributed by atoms with van der Waals surface area (Å²) in [6, 6.07) is 1.73. The van der Waals surface area contributed by atoms with E-state index in [0.717, 1.165) is 18.5 Å². The van der Waals surface area contributed by atoms with Gasteiger partial charge in [-0.25, -0.2) is 9.78 Å². The van der Waals surface area contributed by atoms with Crippen LogP contribution >= 0.6 is 11.6 Å². The molecule has 19 heavy (non-hydrogen) atoms. The number of pyridine rings is 1. The predicted octanol–water partition coefficient (Wildman–Crippen LogP) is 3.08. The molecular weight excluding hydrogens is 268 g/mol. The molecule has 0 aliphatic heterocycles. The average molecular weight is 287 g/mol. The first kappa shape index (κ1) is 15.6. The van der Waals surface area contributed by atoms with Crippen molar-refractivity contribution < 1.29 is 14.3 Å². The SMILES string of the molecule is CCCCOC(=O)NCc1c(Cl)cc(C)nc1OC. The maximum Gasteiger partial charge on any atom is 0.407 e. The molecule has 0 unspecified atom stereocenters. The number of aromatic nitrogens is 1. The molecule has 0 radical (unpaired) electrons. The van der Waals surface area contributed by atoms with Gasteiger partial charge in [0.05, 0.1) is 30.8 Å². The van der Waals surface area contributed by atoms with Crippen molar-refractivity contribution >= 4 is 17.7 Å². The summed E-state index contributed by atoms with van der Waals surface area (Å²) in [4.78, 5) is 15.6. The lowest BCUT2D eigenvalue weighted by atomic mass is 10.2. The van der Waals surface area contributed by atoms with Crippen molar-refractivity contribution in [1.29, 1.82) is 0 Å². The van der Waals surface area contributed by atoms with Gasteiger partial charge in [0.2, 0.25) is 5.88 Å². The zero-order valence-corrected chi connectivity index (χ0v) is 12.2. The molecule has 0 fully saturated rings. The van der Waals surface area contributed by atoms with Crippen molar-refractivity contribution in [3.8, 4) is 5.88 Å². The van der Waals surface area contributed by atoms with E-state index in [4.69, 9.17) is 21.1 Å². The molecule has 0 aliphatic carbocycles. The summed E-state index contributed by atoms with van der Waals surface area (Å²) in [6.45, 7) is 4.49. The molecule has 106 valence electrons. The molecule has 1 rings (SSSR count). The number of nitrogens with zero attached hydrogens (tertiary/aromatic N) is 1. The molecule has 1 aromatic rings. The standard InChI is InChI=1S/C13H19ClN2O3/c1-4-5-6-19-13(17)15-8-10-11(14)7-9(2)16-12(10)18-3/h7H,4-6,8H2,1-3H3,(H,15,17). The fraction of sp³-hybridized carbons (Fsp3) is 0.538. The Labute approximate surface area is 118 Å². The van der Waals surface area contributed by atoms with E-state index in [-0.39, 0.29) is 6.54 Å². The lowest BCUT2D eigenvalue weighted by Gasteiger charge is -2.11. The molecular formula is C13H19ClN2O3. The number of carbonyl (C=O) groups is 1. The molecule has 0 aromatic carbocycles. The van der Waals surface area contributed by atoms with E-state index in [1.54, 1.807) is 6.07 Å². The van der Waals surface area contributed by atoms with E-state index in [9.17, 15) is 4.79 Å². The van der Waals surface area contributed by atoms with Gasteiger partial charge in [0, 0.05) is 5.69 Å². The Bertz CT molecular complexity index is 438. The third-order valence-corrected chi connectivity index (χ3v) is 2.83. The van der Waals surface area contributed by atoms with Crippen molar-refractivity contribution in [2.45, 2.75) is 33.2 Å². The number of methoxy groups -OCH3 is 1. The van der Waals surface area contributed by atoms with Crippen LogP contribution in [0.3, 0.4) is 0 Å². The summed E-state index contributed by atoms with van der Waals surface area (Å²) in [6.07, 6.45) is 1.37. The van der Waals surface area contributed by atoms with Crippen LogP contribution in [-0.2, 0) is 11.3 Å². The third kappa shape index (κ3) is 4.95. The van der Waals surface area contributed by atoms with Crippen molar-refractivity contribution in [2.24, 2.45) is 0 Å². The van der Waals surface area contributed by atoms with Crippen molar-refractivity contribution in [2.75, 3.05) is 13.7 Å². The number of rotatable bonds is 6. The normalized spacial score (nSPS) is 10.1. The van der Waals surface area contributed by atoms with Gasteiger partial charge >= 0.3 is 6.09 Å². The second kappa shape index (κ2) is 7.84. The van der Waals surface area contributed by atoms with Crippen LogP contribution in [0.2, 0.25) is 5.02 Å². The highest BCUT2D eigenvalue weighted by atomic mass is 35.5. The molecule has 0 saturated heterocycles. The van der Waals surface area contributed by atoms with E-state index in [2.05, 4.69) is 10.3 Å². The minimum Gasteiger partial charge on any atom is -0.481 e. The summed E-state index contributed by atoms with van der Waals surface area (Å²) in [5.41, 5.74) is 1.40. The maximum absolute atomic E-state index is 11.4. The molecule has 5 nitrogen and oxygen atoms in total. The topological polar surface area (TPSA) is 60.5 Å². The van der Waals surface area contributed by atoms with Gasteiger partial charge in [-0.3, -0.25) is 0 Å². The first-order chi connectivity index (χ1) is 9.08. The largest absolute Gasteiger partial charge is 0.481 e. The molecule has 0 saturated carbocycles. The number of carbonyl (C=O) groups excluding carboxylic acids is 1. The van der Waals surface area contributed by atoms with E-state index >= 15 is 0 Å². The van der Waals surface area contributed by atoms with Crippen LogP contribution in [0.25, 0.3) is 0 Å². The van der Waals surface area contributed by atoms with Gasteiger partial charge in [0.25, 0.3) is 0 Å². The summed E-state index contributed by atoms with van der Waals surface area (Å²) in [5, 5.41) is 3.14. The zero-order chi connectivity index (χ0) is 14.3. The van der Waals surface area contributed by atoms with Crippen molar-refractivity contribution in [1.82, 2.24) is 10.3 Å². The highest BCUT2D eigenvalue weighted by Gasteiger charge is 2.12. The van der Waals surface area contributed by atoms with Gasteiger partial charge in [0.1, 0.15) is 0 Å². The fourth-order valence-electron chi connectivity index (χ4n) is 1.48. The smallest absolute Gasteiger partial charge is 0.407 e. The third-order valence-electron chi connectivity index (χ3n) is 2.49. The number of ether oxygens (including phenoxy) is 2. The Morgan fingerprint density at radius 1 is 1.53 bits per heavy atom. The highest BCUT2D eigenvalue weighted by molar-refractivity contribution is 6.31. The number of alkyl carbamates (subject to hydrolysis) is 1. The van der Waals surface area contributed by atoms with Crippen LogP contribution in [-0.4, -0.2) is 24.8 Å². The first-order valence-electron chi connectivity index (χ1n) is 6.19.